The molecule has 0 aromatic heterocycles. The number of nitrogens with two attached hydrogens (primary N) is 1. The lowest BCUT2D eigenvalue weighted by Gasteiger charge is -2.33. The van der Waals surface area contributed by atoms with Crippen molar-refractivity contribution in [2.24, 2.45) is 5.92 Å². The van der Waals surface area contributed by atoms with Crippen molar-refractivity contribution in [1.29, 1.82) is 0 Å². The Balaban J connectivity index is 1.97. The molecule has 1 heterocycles. The zero-order chi connectivity index (χ0) is 14.3. The molecule has 0 amide bonds. The highest BCUT2D eigenvalue weighted by Crippen LogP contribution is 2.40. The van der Waals surface area contributed by atoms with Crippen molar-refractivity contribution in [3.8, 4) is 0 Å². The monoisotopic (exact) mass is 278 g/mol. The van der Waals surface area contributed by atoms with Crippen molar-refractivity contribution in [1.82, 2.24) is 0 Å². The first-order chi connectivity index (χ1) is 9.58. The largest absolute Gasteiger partial charge is 0.478 e. The number of carboxylic acid groups (broad SMARTS) is 1. The molecule has 1 aromatic carbocycles. The van der Waals surface area contributed by atoms with E-state index in [1.807, 2.05) is 4.90 Å². The van der Waals surface area contributed by atoms with Gasteiger partial charge in [0.05, 0.1) is 11.3 Å². The minimum Gasteiger partial charge on any atom is -0.478 e. The predicted molar refractivity (Wildman–Crippen MR) is 75.5 cm³/mol. The summed E-state index contributed by atoms with van der Waals surface area (Å²) in [7, 11) is 0. The van der Waals surface area contributed by atoms with E-state index >= 15 is 0 Å². The predicted octanol–water partition coefficient (Wildman–Crippen LogP) is 2.88. The zero-order valence-corrected chi connectivity index (χ0v) is 11.3. The first-order valence-corrected chi connectivity index (χ1v) is 7.17. The van der Waals surface area contributed by atoms with Gasteiger partial charge in [-0.2, -0.15) is 0 Å². The zero-order valence-electron chi connectivity index (χ0n) is 11.3. The van der Waals surface area contributed by atoms with Crippen molar-refractivity contribution in [3.05, 3.63) is 23.5 Å². The average molecular weight is 278 g/mol. The molecule has 3 rings (SSSR count). The molecule has 5 heteroatoms. The fraction of sp³-hybridized carbons (Fsp3) is 0.533. The van der Waals surface area contributed by atoms with Gasteiger partial charge in [-0.15, -0.1) is 0 Å². The Labute approximate surface area is 117 Å². The van der Waals surface area contributed by atoms with Gasteiger partial charge in [0, 0.05) is 18.3 Å². The number of carboxylic acids is 1. The highest BCUT2D eigenvalue weighted by molar-refractivity contribution is 5.95. The maximum Gasteiger partial charge on any atom is 0.337 e. The molecular formula is C15H19FN2O2. The third kappa shape index (κ3) is 2.11. The van der Waals surface area contributed by atoms with Crippen LogP contribution in [-0.4, -0.2) is 23.7 Å². The first-order valence-electron chi connectivity index (χ1n) is 7.17. The topological polar surface area (TPSA) is 66.6 Å². The van der Waals surface area contributed by atoms with Gasteiger partial charge in [-0.1, -0.05) is 12.8 Å². The number of aromatic carboxylic acids is 1. The first kappa shape index (κ1) is 13.2. The van der Waals surface area contributed by atoms with Crippen molar-refractivity contribution in [2.45, 2.75) is 38.1 Å². The Kier molecular flexibility index (Phi) is 3.28. The minimum atomic E-state index is -1.11. The summed E-state index contributed by atoms with van der Waals surface area (Å²) in [6, 6.07) is 2.88. The Morgan fingerprint density at radius 1 is 1.30 bits per heavy atom. The number of rotatable bonds is 2. The van der Waals surface area contributed by atoms with Gasteiger partial charge in [-0.3, -0.25) is 0 Å². The SMILES string of the molecule is Nc1cc(F)c(N2CCC3CCCCC32)cc1C(=O)O. The van der Waals surface area contributed by atoms with Gasteiger partial charge < -0.3 is 15.7 Å². The molecule has 1 saturated heterocycles. The highest BCUT2D eigenvalue weighted by atomic mass is 19.1. The number of anilines is 2. The van der Waals surface area contributed by atoms with Gasteiger partial charge in [0.2, 0.25) is 0 Å². The van der Waals surface area contributed by atoms with Crippen molar-refractivity contribution < 1.29 is 14.3 Å². The molecule has 2 fully saturated rings. The molecule has 1 saturated carbocycles. The Morgan fingerprint density at radius 3 is 2.80 bits per heavy atom. The van der Waals surface area contributed by atoms with Crippen LogP contribution in [0, 0.1) is 11.7 Å². The summed E-state index contributed by atoms with van der Waals surface area (Å²) < 4.78 is 14.2. The quantitative estimate of drug-likeness (QED) is 0.816. The molecule has 1 aliphatic carbocycles. The van der Waals surface area contributed by atoms with E-state index in [0.29, 0.717) is 17.6 Å². The Bertz CT molecular complexity index is 547. The lowest BCUT2D eigenvalue weighted by Crippen LogP contribution is -2.35. The van der Waals surface area contributed by atoms with E-state index in [2.05, 4.69) is 0 Å². The van der Waals surface area contributed by atoms with E-state index in [-0.39, 0.29) is 11.3 Å². The number of nitrogen functional groups attached to an aromatic ring is 1. The lowest BCUT2D eigenvalue weighted by atomic mass is 9.85. The van der Waals surface area contributed by atoms with E-state index in [0.717, 1.165) is 25.5 Å². The van der Waals surface area contributed by atoms with Gasteiger partial charge in [0.15, 0.2) is 0 Å². The second kappa shape index (κ2) is 4.96. The van der Waals surface area contributed by atoms with E-state index in [9.17, 15) is 9.18 Å². The number of fused-ring (bicyclic) bond motifs is 1. The van der Waals surface area contributed by atoms with E-state index in [4.69, 9.17) is 10.8 Å². The molecule has 108 valence electrons. The molecule has 1 aliphatic heterocycles. The fourth-order valence-corrected chi connectivity index (χ4v) is 3.69. The fourth-order valence-electron chi connectivity index (χ4n) is 3.69. The van der Waals surface area contributed by atoms with Crippen LogP contribution in [0.3, 0.4) is 0 Å². The number of benzene rings is 1. The maximum atomic E-state index is 14.2. The van der Waals surface area contributed by atoms with Crippen LogP contribution in [-0.2, 0) is 0 Å². The van der Waals surface area contributed by atoms with Crippen LogP contribution in [0.25, 0.3) is 0 Å². The normalized spacial score (nSPS) is 25.6. The van der Waals surface area contributed by atoms with E-state index in [1.54, 1.807) is 0 Å². The number of hydrogen-bond donors (Lipinski definition) is 2. The van der Waals surface area contributed by atoms with Crippen LogP contribution in [0.5, 0.6) is 0 Å². The Morgan fingerprint density at radius 2 is 2.05 bits per heavy atom. The molecule has 2 aliphatic rings. The maximum absolute atomic E-state index is 14.2. The number of halogens is 1. The minimum absolute atomic E-state index is 0.0133. The lowest BCUT2D eigenvalue weighted by molar-refractivity contribution is 0.0698. The van der Waals surface area contributed by atoms with Crippen LogP contribution in [0.4, 0.5) is 15.8 Å². The third-order valence-electron chi connectivity index (χ3n) is 4.67. The average Bonchev–Trinajstić information content (AvgIpc) is 2.82. The summed E-state index contributed by atoms with van der Waals surface area (Å²) >= 11 is 0. The van der Waals surface area contributed by atoms with Crippen molar-refractivity contribution in [3.63, 3.8) is 0 Å². The summed E-state index contributed by atoms with van der Waals surface area (Å²) in [6.45, 7) is 0.801. The summed E-state index contributed by atoms with van der Waals surface area (Å²) in [4.78, 5) is 13.2. The summed E-state index contributed by atoms with van der Waals surface area (Å²) in [5, 5.41) is 9.14. The number of nitrogens with zero attached hydrogens (tertiary/aromatic N) is 1. The van der Waals surface area contributed by atoms with Crippen molar-refractivity contribution in [2.75, 3.05) is 17.2 Å². The molecule has 0 bridgehead atoms. The molecule has 0 radical (unpaired) electrons. The second-order valence-corrected chi connectivity index (χ2v) is 5.79. The molecule has 2 unspecified atom stereocenters. The Hall–Kier alpha value is -1.78. The molecule has 3 N–H and O–H groups in total. The number of carbonyl (C=O) groups is 1. The van der Waals surface area contributed by atoms with Gasteiger partial charge in [0.1, 0.15) is 5.82 Å². The summed E-state index contributed by atoms with van der Waals surface area (Å²) in [5.41, 5.74) is 5.95. The number of hydrogen-bond acceptors (Lipinski definition) is 3. The van der Waals surface area contributed by atoms with E-state index < -0.39 is 11.8 Å². The van der Waals surface area contributed by atoms with Gasteiger partial charge in [0.25, 0.3) is 0 Å². The van der Waals surface area contributed by atoms with Crippen LogP contribution < -0.4 is 10.6 Å². The molecule has 2 atom stereocenters. The molecule has 20 heavy (non-hydrogen) atoms. The van der Waals surface area contributed by atoms with Crippen LogP contribution in [0.2, 0.25) is 0 Å². The van der Waals surface area contributed by atoms with Crippen LogP contribution >= 0.6 is 0 Å². The molecular weight excluding hydrogens is 259 g/mol. The summed E-state index contributed by atoms with van der Waals surface area (Å²) in [5.74, 6) is -0.907. The standard InChI is InChI=1S/C15H19FN2O2/c16-11-8-12(17)10(15(19)20)7-14(11)18-6-5-9-3-1-2-4-13(9)18/h7-9,13H,1-6,17H2,(H,19,20). The molecule has 0 spiro atoms. The molecule has 4 nitrogen and oxygen atoms in total. The van der Waals surface area contributed by atoms with Gasteiger partial charge in [-0.25, -0.2) is 9.18 Å². The molecule has 1 aromatic rings. The van der Waals surface area contributed by atoms with E-state index in [1.165, 1.54) is 25.3 Å². The van der Waals surface area contributed by atoms with Crippen molar-refractivity contribution >= 4 is 17.3 Å². The van der Waals surface area contributed by atoms with Crippen LogP contribution in [0.1, 0.15) is 42.5 Å². The van der Waals surface area contributed by atoms with Crippen LogP contribution in [0.15, 0.2) is 12.1 Å². The summed E-state index contributed by atoms with van der Waals surface area (Å²) in [6.07, 6.45) is 5.75. The second-order valence-electron chi connectivity index (χ2n) is 5.79. The third-order valence-corrected chi connectivity index (χ3v) is 4.67. The highest BCUT2D eigenvalue weighted by Gasteiger charge is 2.37. The van der Waals surface area contributed by atoms with Gasteiger partial charge >= 0.3 is 5.97 Å². The van der Waals surface area contributed by atoms with Gasteiger partial charge in [-0.05, 0) is 37.3 Å². The smallest absolute Gasteiger partial charge is 0.337 e.